The SMILES string of the molecule is Cc1ccc2c(c1)c(-c1ccccc1)c(-c1ccccc1)n2CC(O)CNc1ccccc1.Cl. The number of rotatable bonds is 7. The van der Waals surface area contributed by atoms with E-state index in [2.05, 4.69) is 89.6 Å². The second-order valence-electron chi connectivity index (χ2n) is 8.49. The topological polar surface area (TPSA) is 37.2 Å². The molecule has 0 saturated carbocycles. The molecule has 4 heteroatoms. The van der Waals surface area contributed by atoms with Crippen molar-refractivity contribution >= 4 is 29.0 Å². The molecular weight excluding hydrogens is 440 g/mol. The van der Waals surface area contributed by atoms with Gasteiger partial charge in [0.15, 0.2) is 0 Å². The van der Waals surface area contributed by atoms with Gasteiger partial charge in [0.1, 0.15) is 0 Å². The van der Waals surface area contributed by atoms with Crippen molar-refractivity contribution in [1.82, 2.24) is 4.57 Å². The van der Waals surface area contributed by atoms with Crippen molar-refractivity contribution < 1.29 is 5.11 Å². The number of aliphatic hydroxyl groups is 1. The van der Waals surface area contributed by atoms with Crippen LogP contribution in [-0.2, 0) is 6.54 Å². The minimum absolute atomic E-state index is 0. The van der Waals surface area contributed by atoms with Gasteiger partial charge in [-0.1, -0.05) is 90.5 Å². The first-order valence-corrected chi connectivity index (χ1v) is 11.4. The summed E-state index contributed by atoms with van der Waals surface area (Å²) in [6.45, 7) is 3.10. The number of halogens is 1. The van der Waals surface area contributed by atoms with Gasteiger partial charge in [-0.2, -0.15) is 0 Å². The largest absolute Gasteiger partial charge is 0.389 e. The molecule has 0 aliphatic carbocycles. The molecule has 0 saturated heterocycles. The van der Waals surface area contributed by atoms with Gasteiger partial charge >= 0.3 is 0 Å². The Labute approximate surface area is 207 Å². The minimum Gasteiger partial charge on any atom is -0.389 e. The Morgan fingerprint density at radius 1 is 0.765 bits per heavy atom. The number of benzene rings is 4. The minimum atomic E-state index is -0.548. The predicted molar refractivity (Wildman–Crippen MR) is 146 cm³/mol. The lowest BCUT2D eigenvalue weighted by Crippen LogP contribution is -2.25. The van der Waals surface area contributed by atoms with Crippen LogP contribution in [0, 0.1) is 6.92 Å². The number of nitrogens with zero attached hydrogens (tertiary/aromatic N) is 1. The highest BCUT2D eigenvalue weighted by atomic mass is 35.5. The second kappa shape index (κ2) is 10.6. The summed E-state index contributed by atoms with van der Waals surface area (Å²) in [6, 6.07) is 37.7. The highest BCUT2D eigenvalue weighted by molar-refractivity contribution is 6.04. The van der Waals surface area contributed by atoms with E-state index in [9.17, 15) is 5.11 Å². The third kappa shape index (κ3) is 4.86. The van der Waals surface area contributed by atoms with Crippen LogP contribution in [0.2, 0.25) is 0 Å². The lowest BCUT2D eigenvalue weighted by molar-refractivity contribution is 0.169. The molecule has 1 atom stereocenters. The summed E-state index contributed by atoms with van der Waals surface area (Å²) in [5, 5.41) is 15.6. The zero-order valence-corrected chi connectivity index (χ0v) is 20.0. The molecule has 0 fully saturated rings. The van der Waals surface area contributed by atoms with Crippen LogP contribution in [0.3, 0.4) is 0 Å². The first-order chi connectivity index (χ1) is 16.2. The Hall–Kier alpha value is -3.53. The second-order valence-corrected chi connectivity index (χ2v) is 8.49. The molecule has 0 bridgehead atoms. The Morgan fingerprint density at radius 3 is 2.00 bits per heavy atom. The molecule has 0 aliphatic rings. The Kier molecular flexibility index (Phi) is 7.36. The lowest BCUT2D eigenvalue weighted by atomic mass is 9.98. The fourth-order valence-electron chi connectivity index (χ4n) is 4.52. The first kappa shape index (κ1) is 23.6. The number of aryl methyl sites for hydroxylation is 1. The third-order valence-corrected chi connectivity index (χ3v) is 6.04. The van der Waals surface area contributed by atoms with E-state index in [4.69, 9.17) is 0 Å². The number of aliphatic hydroxyl groups excluding tert-OH is 1. The molecule has 5 rings (SSSR count). The molecule has 1 heterocycles. The van der Waals surface area contributed by atoms with Crippen molar-refractivity contribution in [3.63, 3.8) is 0 Å². The van der Waals surface area contributed by atoms with Gasteiger partial charge in [0.05, 0.1) is 18.3 Å². The van der Waals surface area contributed by atoms with Crippen molar-refractivity contribution in [2.75, 3.05) is 11.9 Å². The zero-order chi connectivity index (χ0) is 22.6. The van der Waals surface area contributed by atoms with Crippen molar-refractivity contribution in [2.45, 2.75) is 19.6 Å². The molecule has 1 unspecified atom stereocenters. The lowest BCUT2D eigenvalue weighted by Gasteiger charge is -2.18. The van der Waals surface area contributed by atoms with Crippen molar-refractivity contribution in [3.05, 3.63) is 115 Å². The van der Waals surface area contributed by atoms with Crippen LogP contribution >= 0.6 is 12.4 Å². The van der Waals surface area contributed by atoms with Gasteiger partial charge < -0.3 is 15.0 Å². The summed E-state index contributed by atoms with van der Waals surface area (Å²) in [4.78, 5) is 0. The van der Waals surface area contributed by atoms with Crippen LogP contribution in [0.4, 0.5) is 5.69 Å². The normalized spacial score (nSPS) is 11.7. The Balaban J connectivity index is 0.00000274. The number of hydrogen-bond acceptors (Lipinski definition) is 2. The maximum absolute atomic E-state index is 11.0. The highest BCUT2D eigenvalue weighted by Crippen LogP contribution is 2.41. The predicted octanol–water partition coefficient (Wildman–Crippen LogP) is 7.18. The van der Waals surface area contributed by atoms with Gasteiger partial charge in [-0.25, -0.2) is 0 Å². The van der Waals surface area contributed by atoms with Gasteiger partial charge in [0.25, 0.3) is 0 Å². The standard InChI is InChI=1S/C30H28N2O.ClH/c1-22-17-18-28-27(19-22)29(23-11-5-2-6-12-23)30(24-13-7-3-8-14-24)32(28)21-26(33)20-31-25-15-9-4-10-16-25;/h2-19,26,31,33H,20-21H2,1H3;1H. The van der Waals surface area contributed by atoms with Crippen molar-refractivity contribution in [3.8, 4) is 22.4 Å². The van der Waals surface area contributed by atoms with Gasteiger partial charge in [-0.3, -0.25) is 0 Å². The number of para-hydroxylation sites is 1. The molecule has 34 heavy (non-hydrogen) atoms. The average molecular weight is 469 g/mol. The third-order valence-electron chi connectivity index (χ3n) is 6.04. The maximum atomic E-state index is 11.0. The van der Waals surface area contributed by atoms with Gasteiger partial charge in [0.2, 0.25) is 0 Å². The number of anilines is 1. The molecule has 1 aromatic heterocycles. The van der Waals surface area contributed by atoms with Crippen LogP contribution in [0.15, 0.2) is 109 Å². The summed E-state index contributed by atoms with van der Waals surface area (Å²) in [5.41, 5.74) is 8.05. The van der Waals surface area contributed by atoms with E-state index >= 15 is 0 Å². The monoisotopic (exact) mass is 468 g/mol. The molecule has 5 aromatic rings. The summed E-state index contributed by atoms with van der Waals surface area (Å²) in [6.07, 6.45) is -0.548. The highest BCUT2D eigenvalue weighted by Gasteiger charge is 2.21. The summed E-state index contributed by atoms with van der Waals surface area (Å²) in [5.74, 6) is 0. The molecule has 0 amide bonds. The van der Waals surface area contributed by atoms with E-state index in [1.54, 1.807) is 0 Å². The summed E-state index contributed by atoms with van der Waals surface area (Å²) < 4.78 is 2.28. The smallest absolute Gasteiger partial charge is 0.0891 e. The zero-order valence-electron chi connectivity index (χ0n) is 19.2. The van der Waals surface area contributed by atoms with E-state index in [1.165, 1.54) is 22.1 Å². The van der Waals surface area contributed by atoms with Crippen LogP contribution in [0.5, 0.6) is 0 Å². The molecule has 4 aromatic carbocycles. The summed E-state index contributed by atoms with van der Waals surface area (Å²) >= 11 is 0. The van der Waals surface area contributed by atoms with Gasteiger partial charge in [-0.05, 0) is 42.3 Å². The molecular formula is C30H29ClN2O. The molecule has 3 nitrogen and oxygen atoms in total. The Bertz CT molecular complexity index is 1350. The molecule has 0 radical (unpaired) electrons. The van der Waals surface area contributed by atoms with Crippen LogP contribution in [-0.4, -0.2) is 22.3 Å². The first-order valence-electron chi connectivity index (χ1n) is 11.4. The van der Waals surface area contributed by atoms with Crippen molar-refractivity contribution in [2.24, 2.45) is 0 Å². The molecule has 2 N–H and O–H groups in total. The van der Waals surface area contributed by atoms with Crippen LogP contribution in [0.25, 0.3) is 33.3 Å². The van der Waals surface area contributed by atoms with Crippen LogP contribution < -0.4 is 5.32 Å². The fourth-order valence-corrected chi connectivity index (χ4v) is 4.52. The number of hydrogen-bond donors (Lipinski definition) is 2. The average Bonchev–Trinajstić information content (AvgIpc) is 3.17. The van der Waals surface area contributed by atoms with E-state index in [0.717, 1.165) is 22.5 Å². The molecule has 0 aliphatic heterocycles. The number of nitrogens with one attached hydrogen (secondary N) is 1. The molecule has 172 valence electrons. The van der Waals surface area contributed by atoms with Gasteiger partial charge in [-0.15, -0.1) is 12.4 Å². The summed E-state index contributed by atoms with van der Waals surface area (Å²) in [7, 11) is 0. The number of aromatic nitrogens is 1. The van der Waals surface area contributed by atoms with Crippen molar-refractivity contribution in [1.29, 1.82) is 0 Å². The molecule has 0 spiro atoms. The maximum Gasteiger partial charge on any atom is 0.0891 e. The van der Waals surface area contributed by atoms with E-state index in [-0.39, 0.29) is 12.4 Å². The van der Waals surface area contributed by atoms with E-state index in [0.29, 0.717) is 13.1 Å². The van der Waals surface area contributed by atoms with Gasteiger partial charge in [0, 0.05) is 28.7 Å². The Morgan fingerprint density at radius 2 is 1.35 bits per heavy atom. The van der Waals surface area contributed by atoms with Crippen LogP contribution in [0.1, 0.15) is 5.56 Å². The van der Waals surface area contributed by atoms with E-state index in [1.807, 2.05) is 36.4 Å². The number of fused-ring (bicyclic) bond motifs is 1. The van der Waals surface area contributed by atoms with E-state index < -0.39 is 6.10 Å². The fraction of sp³-hybridized carbons (Fsp3) is 0.133. The quantitative estimate of drug-likeness (QED) is 0.265.